The van der Waals surface area contributed by atoms with Crippen molar-refractivity contribution in [3.8, 4) is 6.07 Å². The third-order valence-corrected chi connectivity index (χ3v) is 6.11. The van der Waals surface area contributed by atoms with Crippen LogP contribution in [0, 0.1) is 11.3 Å². The van der Waals surface area contributed by atoms with Crippen LogP contribution in [0.25, 0.3) is 0 Å². The van der Waals surface area contributed by atoms with E-state index in [1.54, 1.807) is 18.7 Å². The molecule has 1 saturated heterocycles. The Morgan fingerprint density at radius 1 is 1.69 bits per heavy atom. The molecule has 0 aromatic rings. The molecule has 0 aromatic heterocycles. The van der Waals surface area contributed by atoms with E-state index >= 15 is 0 Å². The zero-order valence-corrected chi connectivity index (χ0v) is 11.5. The van der Waals surface area contributed by atoms with Gasteiger partial charge in [-0.15, -0.1) is 11.6 Å². The van der Waals surface area contributed by atoms with Gasteiger partial charge in [-0.3, -0.25) is 4.90 Å². The normalized spacial score (nSPS) is 24.9. The monoisotopic (exact) mass is 282 g/mol. The number of rotatable bonds is 4. The molecule has 1 rings (SSSR count). The fraction of sp³-hybridized carbons (Fsp3) is 0.889. The highest BCUT2D eigenvalue weighted by atomic mass is 35.5. The minimum atomic E-state index is -3.09. The third kappa shape index (κ3) is 3.52. The van der Waals surface area contributed by atoms with Gasteiger partial charge in [-0.2, -0.15) is 17.0 Å². The van der Waals surface area contributed by atoms with Crippen LogP contribution in [-0.4, -0.2) is 54.4 Å². The topological polar surface area (TPSA) is 61.2 Å². The molecule has 16 heavy (non-hydrogen) atoms. The molecule has 92 valence electrons. The number of halogens is 1. The Labute approximate surface area is 106 Å². The third-order valence-electron chi connectivity index (χ3n) is 2.54. The lowest BCUT2D eigenvalue weighted by atomic mass is 10.4. The van der Waals surface area contributed by atoms with E-state index in [0.29, 0.717) is 18.8 Å². The Morgan fingerprint density at radius 2 is 2.38 bits per heavy atom. The fourth-order valence-electron chi connectivity index (χ4n) is 1.59. The summed E-state index contributed by atoms with van der Waals surface area (Å²) < 4.78 is 23.7. The number of alkyl halides is 1. The number of hydrogen-bond donors (Lipinski definition) is 0. The van der Waals surface area contributed by atoms with Gasteiger partial charge in [0.1, 0.15) is 10.8 Å². The van der Waals surface area contributed by atoms with Crippen LogP contribution in [0.3, 0.4) is 0 Å². The lowest BCUT2D eigenvalue weighted by Crippen LogP contribution is -2.49. The zero-order chi connectivity index (χ0) is 12.2. The zero-order valence-electron chi connectivity index (χ0n) is 9.10. The summed E-state index contributed by atoms with van der Waals surface area (Å²) in [6.45, 7) is 2.65. The Hall–Kier alpha value is 0.0400. The van der Waals surface area contributed by atoms with E-state index in [9.17, 15) is 8.42 Å². The predicted molar refractivity (Wildman–Crippen MR) is 67.4 cm³/mol. The Balaban J connectivity index is 2.76. The van der Waals surface area contributed by atoms with Gasteiger partial charge in [-0.1, -0.05) is 6.92 Å². The highest BCUT2D eigenvalue weighted by Crippen LogP contribution is 2.22. The van der Waals surface area contributed by atoms with Gasteiger partial charge in [-0.05, 0) is 0 Å². The van der Waals surface area contributed by atoms with Crippen molar-refractivity contribution in [2.75, 3.05) is 30.3 Å². The van der Waals surface area contributed by atoms with Crippen LogP contribution < -0.4 is 0 Å². The maximum absolute atomic E-state index is 11.9. The SMILES string of the molecule is CCS(=O)(=O)C1CSCCN1CC(Cl)C#N. The molecule has 4 nitrogen and oxygen atoms in total. The van der Waals surface area contributed by atoms with E-state index in [2.05, 4.69) is 0 Å². The van der Waals surface area contributed by atoms with E-state index in [-0.39, 0.29) is 5.75 Å². The summed E-state index contributed by atoms with van der Waals surface area (Å²) in [5, 5.41) is 7.53. The van der Waals surface area contributed by atoms with Crippen molar-refractivity contribution in [2.24, 2.45) is 0 Å². The van der Waals surface area contributed by atoms with Gasteiger partial charge >= 0.3 is 0 Å². The van der Waals surface area contributed by atoms with E-state index < -0.39 is 20.6 Å². The van der Waals surface area contributed by atoms with Crippen LogP contribution in [0.15, 0.2) is 0 Å². The van der Waals surface area contributed by atoms with Crippen molar-refractivity contribution in [2.45, 2.75) is 17.7 Å². The molecule has 1 aliphatic heterocycles. The Bertz CT molecular complexity index is 366. The first-order valence-corrected chi connectivity index (χ1v) is 8.39. The van der Waals surface area contributed by atoms with E-state index in [4.69, 9.17) is 16.9 Å². The lowest BCUT2D eigenvalue weighted by molar-refractivity contribution is 0.278. The summed E-state index contributed by atoms with van der Waals surface area (Å²) in [4.78, 5) is 1.82. The van der Waals surface area contributed by atoms with Crippen molar-refractivity contribution in [3.05, 3.63) is 0 Å². The summed E-state index contributed by atoms with van der Waals surface area (Å²) in [5.74, 6) is 1.60. The molecule has 2 unspecified atom stereocenters. The number of hydrogen-bond acceptors (Lipinski definition) is 5. The second-order valence-corrected chi connectivity index (χ2v) is 7.70. The van der Waals surface area contributed by atoms with Gasteiger partial charge < -0.3 is 0 Å². The predicted octanol–water partition coefficient (Wildman–Crippen LogP) is 0.927. The average Bonchev–Trinajstić information content (AvgIpc) is 2.29. The van der Waals surface area contributed by atoms with Crippen molar-refractivity contribution in [1.29, 1.82) is 5.26 Å². The number of sulfone groups is 1. The number of thioether (sulfide) groups is 1. The van der Waals surface area contributed by atoms with Crippen LogP contribution in [0.5, 0.6) is 0 Å². The molecule has 2 atom stereocenters. The molecular weight excluding hydrogens is 268 g/mol. The van der Waals surface area contributed by atoms with E-state index in [1.807, 2.05) is 11.0 Å². The van der Waals surface area contributed by atoms with Gasteiger partial charge in [0.15, 0.2) is 9.84 Å². The molecule has 1 heterocycles. The van der Waals surface area contributed by atoms with Gasteiger partial charge in [-0.25, -0.2) is 8.42 Å². The molecule has 0 N–H and O–H groups in total. The molecular formula is C9H15ClN2O2S2. The van der Waals surface area contributed by atoms with Gasteiger partial charge in [0, 0.05) is 30.3 Å². The average molecular weight is 283 g/mol. The van der Waals surface area contributed by atoms with Crippen molar-refractivity contribution < 1.29 is 8.42 Å². The molecule has 1 aliphatic rings. The molecule has 0 bridgehead atoms. The van der Waals surface area contributed by atoms with Crippen molar-refractivity contribution in [1.82, 2.24) is 4.90 Å². The summed E-state index contributed by atoms with van der Waals surface area (Å²) in [6, 6.07) is 1.92. The summed E-state index contributed by atoms with van der Waals surface area (Å²) in [5.41, 5.74) is 0. The minimum absolute atomic E-state index is 0.133. The molecule has 0 radical (unpaired) electrons. The molecule has 1 fully saturated rings. The van der Waals surface area contributed by atoms with Gasteiger partial charge in [0.25, 0.3) is 0 Å². The minimum Gasteiger partial charge on any atom is -0.283 e. The number of nitrogens with zero attached hydrogens (tertiary/aromatic N) is 2. The quantitative estimate of drug-likeness (QED) is 0.718. The highest BCUT2D eigenvalue weighted by molar-refractivity contribution is 8.01. The van der Waals surface area contributed by atoms with Crippen LogP contribution in [0.4, 0.5) is 0 Å². The largest absolute Gasteiger partial charge is 0.283 e. The summed E-state index contributed by atoms with van der Waals surface area (Å²) in [7, 11) is -3.09. The second-order valence-electron chi connectivity index (χ2n) is 3.57. The first-order chi connectivity index (χ1) is 7.51. The molecule has 0 saturated carbocycles. The maximum Gasteiger partial charge on any atom is 0.166 e. The molecule has 0 spiro atoms. The Kier molecular flexibility index (Phi) is 5.38. The van der Waals surface area contributed by atoms with Crippen molar-refractivity contribution >= 4 is 33.2 Å². The van der Waals surface area contributed by atoms with Crippen LogP contribution in [0.1, 0.15) is 6.92 Å². The van der Waals surface area contributed by atoms with Crippen LogP contribution in [0.2, 0.25) is 0 Å². The fourth-order valence-corrected chi connectivity index (χ4v) is 4.86. The van der Waals surface area contributed by atoms with E-state index in [1.165, 1.54) is 0 Å². The highest BCUT2D eigenvalue weighted by Gasteiger charge is 2.33. The van der Waals surface area contributed by atoms with Crippen molar-refractivity contribution in [3.63, 3.8) is 0 Å². The standard InChI is InChI=1S/C9H15ClN2O2S2/c1-2-16(13,14)9-7-15-4-3-12(9)6-8(10)5-11/h8-9H,2-4,6-7H2,1H3. The molecule has 0 aliphatic carbocycles. The lowest BCUT2D eigenvalue weighted by Gasteiger charge is -2.34. The summed E-state index contributed by atoms with van der Waals surface area (Å²) >= 11 is 7.39. The first-order valence-electron chi connectivity index (χ1n) is 5.08. The smallest absolute Gasteiger partial charge is 0.166 e. The van der Waals surface area contributed by atoms with Crippen LogP contribution in [-0.2, 0) is 9.84 Å². The Morgan fingerprint density at radius 3 is 2.94 bits per heavy atom. The molecule has 0 aromatic carbocycles. The van der Waals surface area contributed by atoms with E-state index in [0.717, 1.165) is 5.75 Å². The van der Waals surface area contributed by atoms with Gasteiger partial charge in [0.2, 0.25) is 0 Å². The molecule has 7 heteroatoms. The molecule has 0 amide bonds. The van der Waals surface area contributed by atoms with Crippen LogP contribution >= 0.6 is 23.4 Å². The summed E-state index contributed by atoms with van der Waals surface area (Å²) in [6.07, 6.45) is 0. The van der Waals surface area contributed by atoms with Gasteiger partial charge in [0.05, 0.1) is 6.07 Å². The first kappa shape index (κ1) is 14.1. The number of nitriles is 1. The second kappa shape index (κ2) is 6.10. The maximum atomic E-state index is 11.9.